The molecule has 0 spiro atoms. The summed E-state index contributed by atoms with van der Waals surface area (Å²) in [5.74, 6) is 1.10. The number of carbonyl (C=O) groups is 1. The standard InChI is InChI=1S/C13H22N4O/c1-13(4-9-17(2)10-5-13)12(18)16-6-3-11-14-7-8-15-11/h7-8H,3-6,9-10H2,1-2H3,(H,14,15)(H,16,18). The minimum absolute atomic E-state index is 0.183. The van der Waals surface area contributed by atoms with Crippen molar-refractivity contribution in [3.63, 3.8) is 0 Å². The molecule has 1 aromatic heterocycles. The predicted octanol–water partition coefficient (Wildman–Crippen LogP) is 0.800. The van der Waals surface area contributed by atoms with E-state index in [1.807, 2.05) is 0 Å². The van der Waals surface area contributed by atoms with Gasteiger partial charge < -0.3 is 15.2 Å². The number of rotatable bonds is 4. The van der Waals surface area contributed by atoms with E-state index in [4.69, 9.17) is 0 Å². The highest BCUT2D eigenvalue weighted by Gasteiger charge is 2.35. The summed E-state index contributed by atoms with van der Waals surface area (Å²) in [7, 11) is 2.11. The van der Waals surface area contributed by atoms with Crippen LogP contribution in [0.1, 0.15) is 25.6 Å². The van der Waals surface area contributed by atoms with Gasteiger partial charge in [-0.05, 0) is 33.0 Å². The quantitative estimate of drug-likeness (QED) is 0.831. The Labute approximate surface area is 108 Å². The third-order valence-corrected chi connectivity index (χ3v) is 3.84. The third kappa shape index (κ3) is 3.10. The Morgan fingerprint density at radius 1 is 1.56 bits per heavy atom. The lowest BCUT2D eigenvalue weighted by Crippen LogP contribution is -2.46. The molecule has 2 heterocycles. The number of carbonyl (C=O) groups excluding carboxylic acids is 1. The number of hydrogen-bond donors (Lipinski definition) is 2. The van der Waals surface area contributed by atoms with Crippen molar-refractivity contribution in [2.75, 3.05) is 26.7 Å². The van der Waals surface area contributed by atoms with E-state index in [1.165, 1.54) is 0 Å². The molecular formula is C13H22N4O. The number of hydrogen-bond acceptors (Lipinski definition) is 3. The minimum atomic E-state index is -0.199. The molecule has 1 fully saturated rings. The van der Waals surface area contributed by atoms with Crippen LogP contribution in [0.5, 0.6) is 0 Å². The molecule has 0 saturated carbocycles. The zero-order valence-corrected chi connectivity index (χ0v) is 11.2. The molecule has 2 rings (SSSR count). The third-order valence-electron chi connectivity index (χ3n) is 3.84. The van der Waals surface area contributed by atoms with Gasteiger partial charge in [0, 0.05) is 30.8 Å². The molecule has 5 heteroatoms. The Balaban J connectivity index is 1.77. The molecule has 0 aromatic carbocycles. The summed E-state index contributed by atoms with van der Waals surface area (Å²) in [4.78, 5) is 21.6. The fourth-order valence-corrected chi connectivity index (χ4v) is 2.28. The normalized spacial score (nSPS) is 19.7. The van der Waals surface area contributed by atoms with Crippen molar-refractivity contribution in [3.05, 3.63) is 18.2 Å². The van der Waals surface area contributed by atoms with Gasteiger partial charge in [0.05, 0.1) is 0 Å². The summed E-state index contributed by atoms with van der Waals surface area (Å²) in [6.45, 7) is 4.73. The van der Waals surface area contributed by atoms with Gasteiger partial charge in [0.15, 0.2) is 0 Å². The molecule has 0 radical (unpaired) electrons. The second-order valence-electron chi connectivity index (χ2n) is 5.41. The van der Waals surface area contributed by atoms with Crippen LogP contribution in [0.2, 0.25) is 0 Å². The molecular weight excluding hydrogens is 228 g/mol. The van der Waals surface area contributed by atoms with E-state index in [2.05, 4.69) is 34.2 Å². The van der Waals surface area contributed by atoms with Crippen molar-refractivity contribution >= 4 is 5.91 Å². The van der Waals surface area contributed by atoms with Gasteiger partial charge in [-0.3, -0.25) is 4.79 Å². The van der Waals surface area contributed by atoms with E-state index < -0.39 is 0 Å². The maximum Gasteiger partial charge on any atom is 0.226 e. The molecule has 1 amide bonds. The Hall–Kier alpha value is -1.36. The monoisotopic (exact) mass is 250 g/mol. The molecule has 0 atom stereocenters. The Morgan fingerprint density at radius 2 is 2.28 bits per heavy atom. The van der Waals surface area contributed by atoms with E-state index in [0.717, 1.165) is 38.2 Å². The van der Waals surface area contributed by atoms with Gasteiger partial charge in [-0.15, -0.1) is 0 Å². The van der Waals surface area contributed by atoms with Gasteiger partial charge in [0.1, 0.15) is 5.82 Å². The van der Waals surface area contributed by atoms with Gasteiger partial charge in [-0.1, -0.05) is 6.92 Å². The largest absolute Gasteiger partial charge is 0.355 e. The van der Waals surface area contributed by atoms with Crippen molar-refractivity contribution in [2.45, 2.75) is 26.2 Å². The van der Waals surface area contributed by atoms with Crippen LogP contribution in [0.15, 0.2) is 12.4 Å². The van der Waals surface area contributed by atoms with Crippen LogP contribution in [0.4, 0.5) is 0 Å². The van der Waals surface area contributed by atoms with Crippen molar-refractivity contribution in [1.29, 1.82) is 0 Å². The molecule has 5 nitrogen and oxygen atoms in total. The first-order valence-corrected chi connectivity index (χ1v) is 6.55. The van der Waals surface area contributed by atoms with Crippen LogP contribution >= 0.6 is 0 Å². The molecule has 1 aliphatic heterocycles. The van der Waals surface area contributed by atoms with Crippen LogP contribution < -0.4 is 5.32 Å². The lowest BCUT2D eigenvalue weighted by Gasteiger charge is -2.36. The van der Waals surface area contributed by atoms with Gasteiger partial charge in [-0.25, -0.2) is 4.98 Å². The lowest BCUT2D eigenvalue weighted by molar-refractivity contribution is -0.132. The summed E-state index contributed by atoms with van der Waals surface area (Å²) < 4.78 is 0. The zero-order valence-electron chi connectivity index (χ0n) is 11.2. The van der Waals surface area contributed by atoms with Crippen LogP contribution in [0.25, 0.3) is 0 Å². The number of imidazole rings is 1. The number of amides is 1. The minimum Gasteiger partial charge on any atom is -0.355 e. The summed E-state index contributed by atoms with van der Waals surface area (Å²) in [6, 6.07) is 0. The fourth-order valence-electron chi connectivity index (χ4n) is 2.28. The summed E-state index contributed by atoms with van der Waals surface area (Å²) in [5, 5.41) is 3.03. The molecule has 2 N–H and O–H groups in total. The molecule has 0 aliphatic carbocycles. The molecule has 18 heavy (non-hydrogen) atoms. The van der Waals surface area contributed by atoms with Crippen molar-refractivity contribution in [3.8, 4) is 0 Å². The number of nitrogens with one attached hydrogen (secondary N) is 2. The van der Waals surface area contributed by atoms with Gasteiger partial charge in [0.2, 0.25) is 5.91 Å². The molecule has 0 bridgehead atoms. The van der Waals surface area contributed by atoms with E-state index >= 15 is 0 Å². The highest BCUT2D eigenvalue weighted by Crippen LogP contribution is 2.30. The number of nitrogens with zero attached hydrogens (tertiary/aromatic N) is 2. The highest BCUT2D eigenvalue weighted by molar-refractivity contribution is 5.82. The zero-order chi connectivity index (χ0) is 13.0. The predicted molar refractivity (Wildman–Crippen MR) is 70.1 cm³/mol. The van der Waals surface area contributed by atoms with Crippen LogP contribution in [0.3, 0.4) is 0 Å². The Kier molecular flexibility index (Phi) is 4.01. The van der Waals surface area contributed by atoms with E-state index in [-0.39, 0.29) is 11.3 Å². The van der Waals surface area contributed by atoms with Crippen molar-refractivity contribution in [1.82, 2.24) is 20.2 Å². The van der Waals surface area contributed by atoms with Gasteiger partial charge in [-0.2, -0.15) is 0 Å². The van der Waals surface area contributed by atoms with Crippen molar-refractivity contribution < 1.29 is 4.79 Å². The van der Waals surface area contributed by atoms with E-state index in [1.54, 1.807) is 12.4 Å². The fraction of sp³-hybridized carbons (Fsp3) is 0.692. The number of H-pyrrole nitrogens is 1. The number of aromatic amines is 1. The summed E-state index contributed by atoms with van der Waals surface area (Å²) in [5.41, 5.74) is -0.199. The summed E-state index contributed by atoms with van der Waals surface area (Å²) in [6.07, 6.45) is 6.17. The number of likely N-dealkylation sites (tertiary alicyclic amines) is 1. The first-order chi connectivity index (χ1) is 8.60. The number of piperidine rings is 1. The topological polar surface area (TPSA) is 61.0 Å². The molecule has 1 aromatic rings. The average molecular weight is 250 g/mol. The maximum atomic E-state index is 12.2. The van der Waals surface area contributed by atoms with Crippen LogP contribution in [-0.4, -0.2) is 47.5 Å². The smallest absolute Gasteiger partial charge is 0.226 e. The Bertz CT molecular complexity index is 380. The van der Waals surface area contributed by atoms with Crippen LogP contribution in [0, 0.1) is 5.41 Å². The number of aromatic nitrogens is 2. The molecule has 0 unspecified atom stereocenters. The van der Waals surface area contributed by atoms with E-state index in [0.29, 0.717) is 6.54 Å². The molecule has 1 saturated heterocycles. The maximum absolute atomic E-state index is 12.2. The first kappa shape index (κ1) is 13.1. The van der Waals surface area contributed by atoms with E-state index in [9.17, 15) is 4.79 Å². The summed E-state index contributed by atoms with van der Waals surface area (Å²) >= 11 is 0. The first-order valence-electron chi connectivity index (χ1n) is 6.55. The average Bonchev–Trinajstić information content (AvgIpc) is 2.86. The Morgan fingerprint density at radius 3 is 2.89 bits per heavy atom. The van der Waals surface area contributed by atoms with Gasteiger partial charge in [0.25, 0.3) is 0 Å². The van der Waals surface area contributed by atoms with Crippen LogP contribution in [-0.2, 0) is 11.2 Å². The second-order valence-corrected chi connectivity index (χ2v) is 5.41. The molecule has 100 valence electrons. The molecule has 1 aliphatic rings. The highest BCUT2D eigenvalue weighted by atomic mass is 16.2. The lowest BCUT2D eigenvalue weighted by atomic mass is 9.79. The van der Waals surface area contributed by atoms with Gasteiger partial charge >= 0.3 is 0 Å². The van der Waals surface area contributed by atoms with Crippen molar-refractivity contribution in [2.24, 2.45) is 5.41 Å². The second kappa shape index (κ2) is 5.52. The SMILES string of the molecule is CN1CCC(C)(C(=O)NCCc2ncc[nH]2)CC1.